The van der Waals surface area contributed by atoms with Crippen LogP contribution in [0, 0.1) is 0 Å². The first-order valence-corrected chi connectivity index (χ1v) is 6.01. The Morgan fingerprint density at radius 2 is 2.35 bits per heavy atom. The van der Waals surface area contributed by atoms with Crippen molar-refractivity contribution in [2.75, 3.05) is 12.3 Å². The number of nitrogens with one attached hydrogen (secondary N) is 1. The molecule has 0 saturated carbocycles. The van der Waals surface area contributed by atoms with Crippen LogP contribution in [0.4, 0.5) is 5.69 Å². The van der Waals surface area contributed by atoms with E-state index in [1.807, 2.05) is 10.6 Å². The van der Waals surface area contributed by atoms with Gasteiger partial charge in [0.1, 0.15) is 5.82 Å². The van der Waals surface area contributed by atoms with E-state index < -0.39 is 0 Å². The summed E-state index contributed by atoms with van der Waals surface area (Å²) in [5, 5.41) is 11.7. The summed E-state index contributed by atoms with van der Waals surface area (Å²) < 4.78 is 1.88. The highest BCUT2D eigenvalue weighted by Crippen LogP contribution is 2.12. The fraction of sp³-hybridized carbons (Fsp3) is 0.545. The van der Waals surface area contributed by atoms with Gasteiger partial charge < -0.3 is 11.1 Å². The summed E-state index contributed by atoms with van der Waals surface area (Å²) in [5.41, 5.74) is 6.36. The van der Waals surface area contributed by atoms with Gasteiger partial charge in [0.15, 0.2) is 0 Å². The third-order valence-electron chi connectivity index (χ3n) is 3.20. The second kappa shape index (κ2) is 4.29. The summed E-state index contributed by atoms with van der Waals surface area (Å²) in [5.74, 6) is 1.55. The first-order chi connectivity index (χ1) is 8.33. The van der Waals surface area contributed by atoms with Crippen LogP contribution in [0.15, 0.2) is 12.4 Å². The smallest absolute Gasteiger partial charge is 0.255 e. The minimum atomic E-state index is 0.498. The lowest BCUT2D eigenvalue weighted by Crippen LogP contribution is -2.36. The zero-order valence-corrected chi connectivity index (χ0v) is 9.63. The van der Waals surface area contributed by atoms with Crippen LogP contribution in [-0.2, 0) is 6.42 Å². The maximum atomic E-state index is 5.73. The third kappa shape index (κ3) is 2.08. The van der Waals surface area contributed by atoms with E-state index in [9.17, 15) is 0 Å². The van der Waals surface area contributed by atoms with E-state index in [0.717, 1.165) is 18.8 Å². The number of fused-ring (bicyclic) bond motifs is 1. The molecule has 6 nitrogen and oxygen atoms in total. The predicted molar refractivity (Wildman–Crippen MR) is 64.5 cm³/mol. The van der Waals surface area contributed by atoms with E-state index in [4.69, 9.17) is 5.73 Å². The van der Waals surface area contributed by atoms with Crippen LogP contribution in [0.5, 0.6) is 0 Å². The Balaban J connectivity index is 1.86. The van der Waals surface area contributed by atoms with Gasteiger partial charge in [0.05, 0.1) is 11.9 Å². The molecule has 90 valence electrons. The highest BCUT2D eigenvalue weighted by atomic mass is 15.3. The molecule has 1 fully saturated rings. The molecular weight excluding hydrogens is 216 g/mol. The van der Waals surface area contributed by atoms with Gasteiger partial charge in [-0.25, -0.2) is 4.98 Å². The Morgan fingerprint density at radius 3 is 3.18 bits per heavy atom. The van der Waals surface area contributed by atoms with Crippen LogP contribution in [-0.4, -0.2) is 32.2 Å². The Hall–Kier alpha value is -1.69. The number of rotatable bonds is 2. The van der Waals surface area contributed by atoms with Crippen molar-refractivity contribution in [1.82, 2.24) is 24.9 Å². The Labute approximate surface area is 99.3 Å². The number of piperidine rings is 1. The Kier molecular flexibility index (Phi) is 2.64. The van der Waals surface area contributed by atoms with Crippen LogP contribution >= 0.6 is 0 Å². The molecule has 0 radical (unpaired) electrons. The quantitative estimate of drug-likeness (QED) is 0.783. The molecule has 0 bridgehead atoms. The number of hydrogen-bond donors (Lipinski definition) is 2. The Bertz CT molecular complexity index is 514. The van der Waals surface area contributed by atoms with Crippen molar-refractivity contribution in [2.24, 2.45) is 0 Å². The molecule has 2 aromatic rings. The highest BCUT2D eigenvalue weighted by Gasteiger charge is 2.16. The minimum absolute atomic E-state index is 0.498. The molecule has 1 atom stereocenters. The number of aromatic nitrogens is 4. The molecular formula is C11H16N6. The average Bonchev–Trinajstić information content (AvgIpc) is 2.73. The van der Waals surface area contributed by atoms with E-state index in [-0.39, 0.29) is 0 Å². The summed E-state index contributed by atoms with van der Waals surface area (Å²) >= 11 is 0. The second-order valence-corrected chi connectivity index (χ2v) is 4.52. The lowest BCUT2D eigenvalue weighted by Gasteiger charge is -2.22. The van der Waals surface area contributed by atoms with Gasteiger partial charge in [-0.2, -0.15) is 0 Å². The maximum absolute atomic E-state index is 5.73. The van der Waals surface area contributed by atoms with E-state index in [1.165, 1.54) is 19.3 Å². The molecule has 0 aromatic carbocycles. The Morgan fingerprint density at radius 1 is 1.41 bits per heavy atom. The lowest BCUT2D eigenvalue weighted by molar-refractivity contribution is 0.393. The fourth-order valence-corrected chi connectivity index (χ4v) is 2.31. The van der Waals surface area contributed by atoms with Gasteiger partial charge in [-0.3, -0.25) is 4.40 Å². The standard InChI is InChI=1S/C11H16N6/c12-8-6-14-11-16-15-10(17(11)7-8)5-9-3-1-2-4-13-9/h6-7,9,13H,1-5,12H2. The number of anilines is 1. The van der Waals surface area contributed by atoms with Gasteiger partial charge in [0, 0.05) is 18.7 Å². The van der Waals surface area contributed by atoms with Crippen molar-refractivity contribution < 1.29 is 0 Å². The molecule has 6 heteroatoms. The second-order valence-electron chi connectivity index (χ2n) is 4.52. The molecule has 1 aliphatic heterocycles. The zero-order chi connectivity index (χ0) is 11.7. The van der Waals surface area contributed by atoms with Crippen molar-refractivity contribution in [1.29, 1.82) is 0 Å². The molecule has 17 heavy (non-hydrogen) atoms. The van der Waals surface area contributed by atoms with Crippen molar-refractivity contribution in [3.63, 3.8) is 0 Å². The van der Waals surface area contributed by atoms with Gasteiger partial charge >= 0.3 is 0 Å². The van der Waals surface area contributed by atoms with Gasteiger partial charge in [-0.1, -0.05) is 6.42 Å². The zero-order valence-electron chi connectivity index (χ0n) is 9.63. The average molecular weight is 232 g/mol. The summed E-state index contributed by atoms with van der Waals surface area (Å²) in [6.07, 6.45) is 8.07. The van der Waals surface area contributed by atoms with E-state index in [1.54, 1.807) is 6.20 Å². The van der Waals surface area contributed by atoms with Crippen LogP contribution < -0.4 is 11.1 Å². The molecule has 2 aromatic heterocycles. The monoisotopic (exact) mass is 232 g/mol. The number of hydrogen-bond acceptors (Lipinski definition) is 5. The number of nitrogen functional groups attached to an aromatic ring is 1. The van der Waals surface area contributed by atoms with Crippen molar-refractivity contribution in [3.05, 3.63) is 18.2 Å². The molecule has 3 rings (SSSR count). The van der Waals surface area contributed by atoms with Crippen LogP contribution in [0.1, 0.15) is 25.1 Å². The summed E-state index contributed by atoms with van der Waals surface area (Å²) in [6, 6.07) is 0.498. The van der Waals surface area contributed by atoms with Gasteiger partial charge in [-0.05, 0) is 19.4 Å². The maximum Gasteiger partial charge on any atom is 0.255 e. The molecule has 0 amide bonds. The van der Waals surface area contributed by atoms with Crippen LogP contribution in [0.2, 0.25) is 0 Å². The molecule has 1 saturated heterocycles. The molecule has 3 heterocycles. The van der Waals surface area contributed by atoms with Gasteiger partial charge in [0.2, 0.25) is 0 Å². The SMILES string of the molecule is Nc1cnc2nnc(CC3CCCCN3)n2c1. The topological polar surface area (TPSA) is 81.1 Å². The first kappa shape index (κ1) is 10.5. The lowest BCUT2D eigenvalue weighted by atomic mass is 10.0. The van der Waals surface area contributed by atoms with Crippen molar-refractivity contribution in [2.45, 2.75) is 31.7 Å². The van der Waals surface area contributed by atoms with Crippen LogP contribution in [0.3, 0.4) is 0 Å². The summed E-state index contributed by atoms with van der Waals surface area (Å²) in [6.45, 7) is 1.10. The molecule has 1 aliphatic rings. The van der Waals surface area contributed by atoms with E-state index in [0.29, 0.717) is 17.5 Å². The van der Waals surface area contributed by atoms with Crippen molar-refractivity contribution >= 4 is 11.5 Å². The molecule has 1 unspecified atom stereocenters. The first-order valence-electron chi connectivity index (χ1n) is 6.01. The fourth-order valence-electron chi connectivity index (χ4n) is 2.31. The highest BCUT2D eigenvalue weighted by molar-refractivity contribution is 5.39. The van der Waals surface area contributed by atoms with Gasteiger partial charge in [0.25, 0.3) is 5.78 Å². The van der Waals surface area contributed by atoms with Crippen molar-refractivity contribution in [3.8, 4) is 0 Å². The third-order valence-corrected chi connectivity index (χ3v) is 3.20. The van der Waals surface area contributed by atoms with E-state index >= 15 is 0 Å². The molecule has 0 spiro atoms. The normalized spacial score (nSPS) is 20.8. The number of nitrogens with two attached hydrogens (primary N) is 1. The molecule has 3 N–H and O–H groups in total. The minimum Gasteiger partial charge on any atom is -0.396 e. The van der Waals surface area contributed by atoms with Crippen LogP contribution in [0.25, 0.3) is 5.78 Å². The molecule has 0 aliphatic carbocycles. The number of nitrogens with zero attached hydrogens (tertiary/aromatic N) is 4. The van der Waals surface area contributed by atoms with Gasteiger partial charge in [-0.15, -0.1) is 10.2 Å². The summed E-state index contributed by atoms with van der Waals surface area (Å²) in [4.78, 5) is 4.14. The van der Waals surface area contributed by atoms with E-state index in [2.05, 4.69) is 20.5 Å². The predicted octanol–water partition coefficient (Wildman–Crippen LogP) is 0.391. The largest absolute Gasteiger partial charge is 0.396 e. The summed E-state index contributed by atoms with van der Waals surface area (Å²) in [7, 11) is 0.